The van der Waals surface area contributed by atoms with Gasteiger partial charge in [-0.15, -0.1) is 0 Å². The van der Waals surface area contributed by atoms with Crippen LogP contribution in [0.15, 0.2) is 0 Å². The minimum atomic E-state index is 0.343. The lowest BCUT2D eigenvalue weighted by Crippen LogP contribution is -2.65. The molecule has 2 rings (SSSR count). The van der Waals surface area contributed by atoms with Crippen LogP contribution in [0.1, 0.15) is 66.2 Å². The highest BCUT2D eigenvalue weighted by atomic mass is 16.5. The van der Waals surface area contributed by atoms with E-state index >= 15 is 0 Å². The molecule has 3 heteroatoms. The molecule has 1 N–H and O–H groups in total. The Kier molecular flexibility index (Phi) is 6.51. The van der Waals surface area contributed by atoms with Crippen molar-refractivity contribution in [1.29, 1.82) is 0 Å². The lowest BCUT2D eigenvalue weighted by Gasteiger charge is -2.49. The molecule has 2 saturated heterocycles. The fourth-order valence-electron chi connectivity index (χ4n) is 4.03. The van der Waals surface area contributed by atoms with Crippen LogP contribution >= 0.6 is 0 Å². The van der Waals surface area contributed by atoms with Crippen molar-refractivity contribution in [2.75, 3.05) is 26.2 Å². The average molecular weight is 296 g/mol. The van der Waals surface area contributed by atoms with Crippen molar-refractivity contribution in [3.05, 3.63) is 0 Å². The Balaban J connectivity index is 1.87. The van der Waals surface area contributed by atoms with E-state index in [-0.39, 0.29) is 0 Å². The molecule has 0 aromatic rings. The Bertz CT molecular complexity index is 296. The second-order valence-electron chi connectivity index (χ2n) is 7.43. The highest BCUT2D eigenvalue weighted by Crippen LogP contribution is 2.26. The zero-order valence-electron chi connectivity index (χ0n) is 14.7. The van der Waals surface area contributed by atoms with E-state index in [0.717, 1.165) is 19.1 Å². The van der Waals surface area contributed by atoms with Gasteiger partial charge in [0.25, 0.3) is 0 Å². The van der Waals surface area contributed by atoms with Gasteiger partial charge in [-0.1, -0.05) is 27.7 Å². The molecule has 2 heterocycles. The highest BCUT2D eigenvalue weighted by Gasteiger charge is 2.37. The van der Waals surface area contributed by atoms with Crippen molar-refractivity contribution in [2.45, 2.75) is 83.9 Å². The molecule has 0 aromatic heterocycles. The molecule has 0 radical (unpaired) electrons. The Hall–Kier alpha value is -0.120. The van der Waals surface area contributed by atoms with Gasteiger partial charge < -0.3 is 10.1 Å². The summed E-state index contributed by atoms with van der Waals surface area (Å²) < 4.78 is 5.77. The minimum Gasteiger partial charge on any atom is -0.378 e. The molecule has 0 spiro atoms. The number of piperazine rings is 1. The van der Waals surface area contributed by atoms with E-state index in [2.05, 4.69) is 37.9 Å². The zero-order chi connectivity index (χ0) is 15.3. The van der Waals surface area contributed by atoms with Gasteiger partial charge in [0.05, 0.1) is 6.10 Å². The second-order valence-corrected chi connectivity index (χ2v) is 7.43. The van der Waals surface area contributed by atoms with Gasteiger partial charge in [0, 0.05) is 31.3 Å². The van der Waals surface area contributed by atoms with Gasteiger partial charge in [-0.3, -0.25) is 4.90 Å². The van der Waals surface area contributed by atoms with Gasteiger partial charge in [0.15, 0.2) is 0 Å². The van der Waals surface area contributed by atoms with Crippen LogP contribution in [0.25, 0.3) is 0 Å². The third-order valence-corrected chi connectivity index (χ3v) is 5.78. The van der Waals surface area contributed by atoms with Crippen molar-refractivity contribution < 1.29 is 4.74 Å². The monoisotopic (exact) mass is 296 g/mol. The summed E-state index contributed by atoms with van der Waals surface area (Å²) in [5.74, 6) is 0.729. The Morgan fingerprint density at radius 3 is 2.62 bits per heavy atom. The quantitative estimate of drug-likeness (QED) is 0.779. The predicted molar refractivity (Wildman–Crippen MR) is 89.7 cm³/mol. The SMILES string of the molecule is CCC1(CC)CN(CCCC2CCCO2)C(C(C)C)CN1. The van der Waals surface area contributed by atoms with Gasteiger partial charge in [0.1, 0.15) is 0 Å². The molecule has 21 heavy (non-hydrogen) atoms. The summed E-state index contributed by atoms with van der Waals surface area (Å²) in [7, 11) is 0. The number of nitrogens with one attached hydrogen (secondary N) is 1. The molecule has 0 bridgehead atoms. The van der Waals surface area contributed by atoms with Crippen molar-refractivity contribution in [1.82, 2.24) is 10.2 Å². The summed E-state index contributed by atoms with van der Waals surface area (Å²) in [6.45, 7) is 14.0. The summed E-state index contributed by atoms with van der Waals surface area (Å²) in [5, 5.41) is 3.86. The molecule has 2 aliphatic heterocycles. The van der Waals surface area contributed by atoms with Gasteiger partial charge in [0.2, 0.25) is 0 Å². The lowest BCUT2D eigenvalue weighted by atomic mass is 9.86. The first kappa shape index (κ1) is 17.2. The standard InChI is InChI=1S/C18H36N2O/c1-5-18(6-2)14-20(17(13-19-18)15(3)4)11-7-9-16-10-8-12-21-16/h15-17,19H,5-14H2,1-4H3. The van der Waals surface area contributed by atoms with Crippen LogP contribution < -0.4 is 5.32 Å². The van der Waals surface area contributed by atoms with Crippen molar-refractivity contribution in [2.24, 2.45) is 5.92 Å². The van der Waals surface area contributed by atoms with E-state index in [0.29, 0.717) is 17.7 Å². The molecule has 2 fully saturated rings. The van der Waals surface area contributed by atoms with Crippen molar-refractivity contribution in [3.63, 3.8) is 0 Å². The van der Waals surface area contributed by atoms with E-state index in [1.807, 2.05) is 0 Å². The van der Waals surface area contributed by atoms with E-state index in [4.69, 9.17) is 4.74 Å². The maximum absolute atomic E-state index is 5.77. The number of rotatable bonds is 7. The molecule has 0 aliphatic carbocycles. The fourth-order valence-corrected chi connectivity index (χ4v) is 4.03. The fraction of sp³-hybridized carbons (Fsp3) is 1.00. The topological polar surface area (TPSA) is 24.5 Å². The minimum absolute atomic E-state index is 0.343. The maximum Gasteiger partial charge on any atom is 0.0576 e. The summed E-state index contributed by atoms with van der Waals surface area (Å²) >= 11 is 0. The van der Waals surface area contributed by atoms with Crippen LogP contribution in [0.5, 0.6) is 0 Å². The molecule has 0 aromatic carbocycles. The lowest BCUT2D eigenvalue weighted by molar-refractivity contribution is 0.0429. The summed E-state index contributed by atoms with van der Waals surface area (Å²) in [4.78, 5) is 2.77. The summed E-state index contributed by atoms with van der Waals surface area (Å²) in [6.07, 6.45) is 8.10. The molecule has 124 valence electrons. The van der Waals surface area contributed by atoms with Gasteiger partial charge >= 0.3 is 0 Å². The summed E-state index contributed by atoms with van der Waals surface area (Å²) in [6, 6.07) is 0.695. The number of nitrogens with zero attached hydrogens (tertiary/aromatic N) is 1. The Morgan fingerprint density at radius 1 is 1.29 bits per heavy atom. The predicted octanol–water partition coefficient (Wildman–Crippen LogP) is 3.43. The third-order valence-electron chi connectivity index (χ3n) is 5.78. The number of ether oxygens (including phenoxy) is 1. The van der Waals surface area contributed by atoms with Crippen LogP contribution in [0.2, 0.25) is 0 Å². The molecule has 2 aliphatic rings. The number of hydrogen-bond donors (Lipinski definition) is 1. The van der Waals surface area contributed by atoms with Gasteiger partial charge in [-0.25, -0.2) is 0 Å². The molecule has 0 amide bonds. The summed E-state index contributed by atoms with van der Waals surface area (Å²) in [5.41, 5.74) is 0.343. The first-order valence-corrected chi connectivity index (χ1v) is 9.21. The van der Waals surface area contributed by atoms with Gasteiger partial charge in [-0.05, 0) is 51.0 Å². The van der Waals surface area contributed by atoms with Crippen LogP contribution in [0, 0.1) is 5.92 Å². The molecule has 3 nitrogen and oxygen atoms in total. The van der Waals surface area contributed by atoms with Crippen molar-refractivity contribution in [3.8, 4) is 0 Å². The molecule has 2 unspecified atom stereocenters. The molecular formula is C18H36N2O. The Labute approximate surface area is 131 Å². The van der Waals surface area contributed by atoms with Crippen LogP contribution in [-0.2, 0) is 4.74 Å². The van der Waals surface area contributed by atoms with Gasteiger partial charge in [-0.2, -0.15) is 0 Å². The van der Waals surface area contributed by atoms with E-state index in [9.17, 15) is 0 Å². The Morgan fingerprint density at radius 2 is 2.05 bits per heavy atom. The first-order valence-electron chi connectivity index (χ1n) is 9.21. The highest BCUT2D eigenvalue weighted by molar-refractivity contribution is 4.97. The smallest absolute Gasteiger partial charge is 0.0576 e. The van der Waals surface area contributed by atoms with Crippen molar-refractivity contribution >= 4 is 0 Å². The molecule has 2 atom stereocenters. The van der Waals surface area contributed by atoms with Crippen LogP contribution in [0.4, 0.5) is 0 Å². The largest absolute Gasteiger partial charge is 0.378 e. The normalized spacial score (nSPS) is 30.1. The van der Waals surface area contributed by atoms with E-state index < -0.39 is 0 Å². The molecular weight excluding hydrogens is 260 g/mol. The maximum atomic E-state index is 5.77. The first-order chi connectivity index (χ1) is 10.1. The van der Waals surface area contributed by atoms with Crippen LogP contribution in [0.3, 0.4) is 0 Å². The third kappa shape index (κ3) is 4.43. The van der Waals surface area contributed by atoms with E-state index in [1.54, 1.807) is 0 Å². The van der Waals surface area contributed by atoms with Crippen LogP contribution in [-0.4, -0.2) is 48.8 Å². The second kappa shape index (κ2) is 7.94. The van der Waals surface area contributed by atoms with E-state index in [1.165, 1.54) is 51.6 Å². The average Bonchev–Trinajstić information content (AvgIpc) is 3.00. The molecule has 0 saturated carbocycles. The number of hydrogen-bond acceptors (Lipinski definition) is 3. The zero-order valence-corrected chi connectivity index (χ0v) is 14.7.